The summed E-state index contributed by atoms with van der Waals surface area (Å²) in [6.45, 7) is 1.91. The van der Waals surface area contributed by atoms with Crippen LogP contribution in [-0.4, -0.2) is 20.2 Å². The van der Waals surface area contributed by atoms with Crippen molar-refractivity contribution in [3.05, 3.63) is 45.5 Å². The topological polar surface area (TPSA) is 71.5 Å². The van der Waals surface area contributed by atoms with E-state index in [1.165, 1.54) is 23.1 Å². The van der Waals surface area contributed by atoms with Crippen LogP contribution in [0.25, 0.3) is 10.9 Å². The Morgan fingerprint density at radius 1 is 1.32 bits per heavy atom. The Hall–Kier alpha value is -1.73. The average molecular weight is 290 g/mol. The maximum atomic E-state index is 11.9. The zero-order chi connectivity index (χ0) is 13.2. The van der Waals surface area contributed by atoms with Crippen LogP contribution in [-0.2, 0) is 5.75 Å². The van der Waals surface area contributed by atoms with E-state index in [-0.39, 0.29) is 5.56 Å². The van der Waals surface area contributed by atoms with E-state index in [0.717, 1.165) is 14.9 Å². The number of aromatic amines is 1. The number of nitrogens with zero attached hydrogens (tertiary/aromatic N) is 3. The van der Waals surface area contributed by atoms with Gasteiger partial charge in [-0.3, -0.25) is 4.79 Å². The van der Waals surface area contributed by atoms with E-state index in [1.54, 1.807) is 6.07 Å². The number of aryl methyl sites for hydroxylation is 1. The number of rotatable bonds is 3. The third kappa shape index (κ3) is 2.66. The highest BCUT2D eigenvalue weighted by atomic mass is 32.2. The van der Waals surface area contributed by atoms with Gasteiger partial charge in [0, 0.05) is 0 Å². The molecule has 0 aliphatic carbocycles. The zero-order valence-electron chi connectivity index (χ0n) is 10.1. The molecule has 0 spiro atoms. The van der Waals surface area contributed by atoms with Gasteiger partial charge in [0.25, 0.3) is 5.56 Å². The van der Waals surface area contributed by atoms with Gasteiger partial charge in [-0.05, 0) is 19.1 Å². The van der Waals surface area contributed by atoms with Crippen molar-refractivity contribution in [1.82, 2.24) is 20.2 Å². The second-order valence-electron chi connectivity index (χ2n) is 3.91. The standard InChI is InChI=1S/C12H10N4OS2/c1-7-15-16-12(19-7)18-6-10-13-9-5-3-2-4-8(9)11(17)14-10/h2-5H,6H2,1H3,(H,13,14,17). The first-order valence-corrected chi connectivity index (χ1v) is 7.43. The van der Waals surface area contributed by atoms with Crippen molar-refractivity contribution in [2.75, 3.05) is 0 Å². The molecule has 0 amide bonds. The molecule has 2 aromatic heterocycles. The fourth-order valence-corrected chi connectivity index (χ4v) is 3.36. The second kappa shape index (κ2) is 5.10. The number of fused-ring (bicyclic) bond motifs is 1. The lowest BCUT2D eigenvalue weighted by atomic mass is 10.2. The number of hydrogen-bond acceptors (Lipinski definition) is 6. The fraction of sp³-hybridized carbons (Fsp3) is 0.167. The largest absolute Gasteiger partial charge is 0.309 e. The van der Waals surface area contributed by atoms with Crippen LogP contribution in [0.3, 0.4) is 0 Å². The van der Waals surface area contributed by atoms with Gasteiger partial charge in [0.1, 0.15) is 10.8 Å². The van der Waals surface area contributed by atoms with E-state index in [0.29, 0.717) is 17.0 Å². The predicted octanol–water partition coefficient (Wildman–Crippen LogP) is 2.38. The minimum absolute atomic E-state index is 0.102. The van der Waals surface area contributed by atoms with E-state index < -0.39 is 0 Å². The van der Waals surface area contributed by atoms with Crippen LogP contribution in [0.4, 0.5) is 0 Å². The maximum Gasteiger partial charge on any atom is 0.258 e. The molecule has 0 saturated carbocycles. The van der Waals surface area contributed by atoms with Crippen LogP contribution in [0, 0.1) is 6.92 Å². The SMILES string of the molecule is Cc1nnc(SCc2nc3ccccc3c(=O)[nH]2)s1. The highest BCUT2D eigenvalue weighted by Gasteiger charge is 2.06. The summed E-state index contributed by atoms with van der Waals surface area (Å²) >= 11 is 3.06. The summed E-state index contributed by atoms with van der Waals surface area (Å²) in [5, 5.41) is 9.53. The highest BCUT2D eigenvalue weighted by molar-refractivity contribution is 8.00. The Morgan fingerprint density at radius 3 is 2.95 bits per heavy atom. The van der Waals surface area contributed by atoms with Crippen molar-refractivity contribution in [2.24, 2.45) is 0 Å². The maximum absolute atomic E-state index is 11.9. The van der Waals surface area contributed by atoms with Crippen LogP contribution in [0.1, 0.15) is 10.8 Å². The Kier molecular flexibility index (Phi) is 3.31. The summed E-state index contributed by atoms with van der Waals surface area (Å²) in [7, 11) is 0. The molecule has 96 valence electrons. The highest BCUT2D eigenvalue weighted by Crippen LogP contribution is 2.24. The van der Waals surface area contributed by atoms with E-state index >= 15 is 0 Å². The molecule has 2 heterocycles. The van der Waals surface area contributed by atoms with Gasteiger partial charge in [0.2, 0.25) is 0 Å². The molecule has 0 saturated heterocycles. The molecule has 1 N–H and O–H groups in total. The molecule has 0 fully saturated rings. The number of para-hydroxylation sites is 1. The van der Waals surface area contributed by atoms with Crippen LogP contribution in [0.15, 0.2) is 33.4 Å². The Bertz CT molecular complexity index is 780. The first kappa shape index (κ1) is 12.3. The molecule has 7 heteroatoms. The number of H-pyrrole nitrogens is 1. The normalized spacial score (nSPS) is 11.0. The Balaban J connectivity index is 1.87. The predicted molar refractivity (Wildman–Crippen MR) is 76.6 cm³/mol. The zero-order valence-corrected chi connectivity index (χ0v) is 11.7. The minimum Gasteiger partial charge on any atom is -0.309 e. The first-order valence-electron chi connectivity index (χ1n) is 5.63. The molecular formula is C12H10N4OS2. The van der Waals surface area contributed by atoms with Gasteiger partial charge >= 0.3 is 0 Å². The molecule has 0 bridgehead atoms. The number of nitrogens with one attached hydrogen (secondary N) is 1. The number of thioether (sulfide) groups is 1. The Labute approximate surface area is 117 Å². The van der Waals surface area contributed by atoms with Gasteiger partial charge < -0.3 is 4.98 Å². The van der Waals surface area contributed by atoms with Crippen molar-refractivity contribution >= 4 is 34.0 Å². The van der Waals surface area contributed by atoms with E-state index in [4.69, 9.17) is 0 Å². The quantitative estimate of drug-likeness (QED) is 0.750. The van der Waals surface area contributed by atoms with Crippen molar-refractivity contribution in [1.29, 1.82) is 0 Å². The lowest BCUT2D eigenvalue weighted by Gasteiger charge is -2.01. The van der Waals surface area contributed by atoms with Crippen molar-refractivity contribution < 1.29 is 0 Å². The summed E-state index contributed by atoms with van der Waals surface area (Å²) in [6.07, 6.45) is 0. The summed E-state index contributed by atoms with van der Waals surface area (Å²) in [4.78, 5) is 19.1. The van der Waals surface area contributed by atoms with Crippen LogP contribution in [0.2, 0.25) is 0 Å². The van der Waals surface area contributed by atoms with E-state index in [1.807, 2.05) is 25.1 Å². The number of hydrogen-bond donors (Lipinski definition) is 1. The number of aromatic nitrogens is 4. The van der Waals surface area contributed by atoms with Gasteiger partial charge in [-0.15, -0.1) is 10.2 Å². The third-order valence-electron chi connectivity index (χ3n) is 2.50. The molecule has 0 unspecified atom stereocenters. The number of benzene rings is 1. The summed E-state index contributed by atoms with van der Waals surface area (Å²) in [5.41, 5.74) is 0.616. The van der Waals surface area contributed by atoms with Crippen LogP contribution in [0.5, 0.6) is 0 Å². The average Bonchev–Trinajstić information content (AvgIpc) is 2.82. The molecule has 1 aromatic carbocycles. The molecule has 3 rings (SSSR count). The van der Waals surface area contributed by atoms with Crippen molar-refractivity contribution in [3.63, 3.8) is 0 Å². The molecule has 0 aliphatic rings. The smallest absolute Gasteiger partial charge is 0.258 e. The molecule has 0 aliphatic heterocycles. The van der Waals surface area contributed by atoms with Crippen LogP contribution < -0.4 is 5.56 Å². The molecule has 0 radical (unpaired) electrons. The van der Waals surface area contributed by atoms with E-state index in [2.05, 4.69) is 20.2 Å². The summed E-state index contributed by atoms with van der Waals surface area (Å²) in [6, 6.07) is 7.32. The van der Waals surface area contributed by atoms with Gasteiger partial charge in [0.05, 0.1) is 16.7 Å². The van der Waals surface area contributed by atoms with Gasteiger partial charge in [-0.1, -0.05) is 35.2 Å². The molecule has 19 heavy (non-hydrogen) atoms. The molecule has 3 aromatic rings. The molecule has 5 nitrogen and oxygen atoms in total. The van der Waals surface area contributed by atoms with Gasteiger partial charge in [-0.25, -0.2) is 4.98 Å². The lowest BCUT2D eigenvalue weighted by molar-refractivity contribution is 0.979. The van der Waals surface area contributed by atoms with Crippen molar-refractivity contribution in [2.45, 2.75) is 17.0 Å². The van der Waals surface area contributed by atoms with Crippen LogP contribution >= 0.6 is 23.1 Å². The third-order valence-corrected chi connectivity index (χ3v) is 4.49. The van der Waals surface area contributed by atoms with E-state index in [9.17, 15) is 4.79 Å². The fourth-order valence-electron chi connectivity index (χ4n) is 1.67. The Morgan fingerprint density at radius 2 is 2.16 bits per heavy atom. The minimum atomic E-state index is -0.102. The molecular weight excluding hydrogens is 280 g/mol. The lowest BCUT2D eigenvalue weighted by Crippen LogP contribution is -2.11. The van der Waals surface area contributed by atoms with Gasteiger partial charge in [-0.2, -0.15) is 0 Å². The second-order valence-corrected chi connectivity index (χ2v) is 6.31. The first-order chi connectivity index (χ1) is 9.22. The summed E-state index contributed by atoms with van der Waals surface area (Å²) in [5.74, 6) is 1.23. The van der Waals surface area contributed by atoms with Gasteiger partial charge in [0.15, 0.2) is 4.34 Å². The van der Waals surface area contributed by atoms with Crippen molar-refractivity contribution in [3.8, 4) is 0 Å². The monoisotopic (exact) mass is 290 g/mol. The summed E-state index contributed by atoms with van der Waals surface area (Å²) < 4.78 is 0.883. The molecule has 0 atom stereocenters.